The van der Waals surface area contributed by atoms with Gasteiger partial charge in [0, 0.05) is 10.2 Å². The van der Waals surface area contributed by atoms with Crippen LogP contribution in [-0.4, -0.2) is 0 Å². The van der Waals surface area contributed by atoms with E-state index in [0.717, 1.165) is 0 Å². The van der Waals surface area contributed by atoms with Crippen LogP contribution in [0.15, 0.2) is 34.8 Å². The van der Waals surface area contributed by atoms with E-state index >= 15 is 0 Å². The Morgan fingerprint density at radius 2 is 1.89 bits per heavy atom. The lowest BCUT2D eigenvalue weighted by Crippen LogP contribution is -1.98. The molecule has 0 aliphatic carbocycles. The molecule has 0 amide bonds. The predicted octanol–water partition coefficient (Wildman–Crippen LogP) is 5.00. The summed E-state index contributed by atoms with van der Waals surface area (Å²) in [7, 11) is 0. The lowest BCUT2D eigenvalue weighted by molar-refractivity contribution is 0.509. The molecular formula is C13H6BrClF2N2. The van der Waals surface area contributed by atoms with Crippen molar-refractivity contribution in [2.45, 2.75) is 0 Å². The van der Waals surface area contributed by atoms with E-state index in [1.54, 1.807) is 24.3 Å². The number of anilines is 2. The molecule has 0 aliphatic rings. The zero-order valence-corrected chi connectivity index (χ0v) is 11.7. The molecule has 0 saturated heterocycles. The van der Waals surface area contributed by atoms with Crippen LogP contribution in [0.25, 0.3) is 0 Å². The van der Waals surface area contributed by atoms with Gasteiger partial charge in [0.05, 0.1) is 16.3 Å². The van der Waals surface area contributed by atoms with E-state index < -0.39 is 11.6 Å². The van der Waals surface area contributed by atoms with E-state index in [1.165, 1.54) is 12.1 Å². The molecule has 0 aliphatic heterocycles. The smallest absolute Gasteiger partial charge is 0.183 e. The van der Waals surface area contributed by atoms with Crippen molar-refractivity contribution in [3.8, 4) is 6.07 Å². The highest BCUT2D eigenvalue weighted by atomic mass is 79.9. The van der Waals surface area contributed by atoms with Crippen LogP contribution in [0.3, 0.4) is 0 Å². The summed E-state index contributed by atoms with van der Waals surface area (Å²) < 4.78 is 27.8. The van der Waals surface area contributed by atoms with Gasteiger partial charge in [0.1, 0.15) is 6.07 Å². The van der Waals surface area contributed by atoms with Gasteiger partial charge < -0.3 is 5.32 Å². The number of nitrogens with zero attached hydrogens (tertiary/aromatic N) is 1. The predicted molar refractivity (Wildman–Crippen MR) is 73.5 cm³/mol. The number of hydrogen-bond acceptors (Lipinski definition) is 2. The Kier molecular flexibility index (Phi) is 4.03. The first-order valence-electron chi connectivity index (χ1n) is 5.13. The van der Waals surface area contributed by atoms with Crippen molar-refractivity contribution in [1.82, 2.24) is 0 Å². The second kappa shape index (κ2) is 5.55. The molecule has 0 unspecified atom stereocenters. The maximum atomic E-state index is 13.7. The molecule has 2 nitrogen and oxygen atoms in total. The Morgan fingerprint density at radius 1 is 1.16 bits per heavy atom. The molecule has 2 aromatic rings. The first-order valence-corrected chi connectivity index (χ1v) is 6.30. The van der Waals surface area contributed by atoms with Crippen LogP contribution in [0, 0.1) is 23.0 Å². The molecule has 0 atom stereocenters. The van der Waals surface area contributed by atoms with Crippen LogP contribution in [-0.2, 0) is 0 Å². The van der Waals surface area contributed by atoms with Crippen LogP contribution in [0.4, 0.5) is 20.2 Å². The fraction of sp³-hybridized carbons (Fsp3) is 0. The molecule has 0 spiro atoms. The lowest BCUT2D eigenvalue weighted by atomic mass is 10.2. The molecule has 0 radical (unpaired) electrons. The molecular weight excluding hydrogens is 338 g/mol. The Bertz CT molecular complexity index is 683. The fourth-order valence-corrected chi connectivity index (χ4v) is 1.89. The minimum Gasteiger partial charge on any atom is -0.353 e. The van der Waals surface area contributed by atoms with Gasteiger partial charge in [-0.1, -0.05) is 11.6 Å². The highest BCUT2D eigenvalue weighted by molar-refractivity contribution is 9.10. The third-order valence-electron chi connectivity index (χ3n) is 2.40. The minimum absolute atomic E-state index is 0.0603. The average molecular weight is 344 g/mol. The van der Waals surface area contributed by atoms with E-state index in [2.05, 4.69) is 21.2 Å². The highest BCUT2D eigenvalue weighted by Crippen LogP contribution is 2.29. The maximum absolute atomic E-state index is 13.7. The van der Waals surface area contributed by atoms with Gasteiger partial charge in [-0.15, -0.1) is 0 Å². The summed E-state index contributed by atoms with van der Waals surface area (Å²) in [4.78, 5) is 0. The van der Waals surface area contributed by atoms with Crippen molar-refractivity contribution in [2.24, 2.45) is 0 Å². The Labute approximate surface area is 121 Å². The van der Waals surface area contributed by atoms with Crippen molar-refractivity contribution >= 4 is 38.9 Å². The molecule has 19 heavy (non-hydrogen) atoms. The molecule has 2 rings (SSSR count). The summed E-state index contributed by atoms with van der Waals surface area (Å²) in [6.45, 7) is 0. The average Bonchev–Trinajstić information content (AvgIpc) is 2.40. The normalized spacial score (nSPS) is 10.1. The van der Waals surface area contributed by atoms with Gasteiger partial charge in [0.15, 0.2) is 11.6 Å². The zero-order valence-electron chi connectivity index (χ0n) is 9.35. The second-order valence-corrected chi connectivity index (χ2v) is 4.92. The molecule has 0 fully saturated rings. The number of nitriles is 1. The van der Waals surface area contributed by atoms with Crippen LogP contribution in [0.1, 0.15) is 5.56 Å². The topological polar surface area (TPSA) is 35.8 Å². The third-order valence-corrected chi connectivity index (χ3v) is 3.63. The first kappa shape index (κ1) is 13.8. The van der Waals surface area contributed by atoms with Gasteiger partial charge in [0.2, 0.25) is 0 Å². The molecule has 0 aromatic heterocycles. The largest absolute Gasteiger partial charge is 0.353 e. The van der Waals surface area contributed by atoms with Gasteiger partial charge in [-0.3, -0.25) is 0 Å². The molecule has 2 aromatic carbocycles. The Hall–Kier alpha value is -1.64. The summed E-state index contributed by atoms with van der Waals surface area (Å²) in [5.41, 5.74) is 0.114. The molecule has 0 saturated carbocycles. The number of hydrogen-bond donors (Lipinski definition) is 1. The third kappa shape index (κ3) is 2.86. The monoisotopic (exact) mass is 342 g/mol. The second-order valence-electron chi connectivity index (χ2n) is 3.65. The van der Waals surface area contributed by atoms with Crippen molar-refractivity contribution in [1.29, 1.82) is 5.26 Å². The summed E-state index contributed by atoms with van der Waals surface area (Å²) in [6, 6.07) is 8.99. The number of halogens is 4. The van der Waals surface area contributed by atoms with E-state index in [0.29, 0.717) is 15.2 Å². The van der Waals surface area contributed by atoms with Crippen LogP contribution < -0.4 is 5.32 Å². The molecule has 6 heteroatoms. The summed E-state index contributed by atoms with van der Waals surface area (Å²) >= 11 is 9.13. The lowest BCUT2D eigenvalue weighted by Gasteiger charge is -2.09. The summed E-state index contributed by atoms with van der Waals surface area (Å²) in [5, 5.41) is 11.7. The van der Waals surface area contributed by atoms with E-state index in [9.17, 15) is 8.78 Å². The molecule has 96 valence electrons. The SMILES string of the molecule is N#Cc1ccc(Nc2ccc(Br)c(Cl)c2)c(F)c1F. The number of rotatable bonds is 2. The number of nitrogens with one attached hydrogen (secondary N) is 1. The molecule has 0 heterocycles. The Morgan fingerprint density at radius 3 is 2.53 bits per heavy atom. The van der Waals surface area contributed by atoms with E-state index in [-0.39, 0.29) is 11.3 Å². The van der Waals surface area contributed by atoms with Crippen molar-refractivity contribution < 1.29 is 8.78 Å². The van der Waals surface area contributed by atoms with Crippen molar-refractivity contribution in [2.75, 3.05) is 5.32 Å². The quantitative estimate of drug-likeness (QED) is 0.833. The van der Waals surface area contributed by atoms with Crippen molar-refractivity contribution in [3.05, 3.63) is 57.0 Å². The van der Waals surface area contributed by atoms with Crippen LogP contribution in [0.2, 0.25) is 5.02 Å². The van der Waals surface area contributed by atoms with Crippen LogP contribution >= 0.6 is 27.5 Å². The van der Waals surface area contributed by atoms with Crippen LogP contribution in [0.5, 0.6) is 0 Å². The fourth-order valence-electron chi connectivity index (χ4n) is 1.46. The standard InChI is InChI=1S/C13H6BrClF2N2/c14-9-3-2-8(5-10(9)15)19-11-4-1-7(6-18)12(16)13(11)17/h1-5,19H. The highest BCUT2D eigenvalue weighted by Gasteiger charge is 2.13. The molecule has 0 bridgehead atoms. The Balaban J connectivity index is 2.36. The van der Waals surface area contributed by atoms with E-state index in [1.807, 2.05) is 0 Å². The van der Waals surface area contributed by atoms with Gasteiger partial charge in [-0.2, -0.15) is 5.26 Å². The van der Waals surface area contributed by atoms with Gasteiger partial charge >= 0.3 is 0 Å². The summed E-state index contributed by atoms with van der Waals surface area (Å²) in [6.07, 6.45) is 0. The van der Waals surface area contributed by atoms with Gasteiger partial charge in [-0.25, -0.2) is 8.78 Å². The minimum atomic E-state index is -1.17. The van der Waals surface area contributed by atoms with Gasteiger partial charge in [0.25, 0.3) is 0 Å². The first-order chi connectivity index (χ1) is 9.02. The maximum Gasteiger partial charge on any atom is 0.183 e. The van der Waals surface area contributed by atoms with Gasteiger partial charge in [-0.05, 0) is 46.3 Å². The number of benzene rings is 2. The zero-order chi connectivity index (χ0) is 14.0. The van der Waals surface area contributed by atoms with Crippen molar-refractivity contribution in [3.63, 3.8) is 0 Å². The molecule has 1 N–H and O–H groups in total. The van der Waals surface area contributed by atoms with E-state index in [4.69, 9.17) is 16.9 Å². The summed E-state index contributed by atoms with van der Waals surface area (Å²) in [5.74, 6) is -2.27.